The van der Waals surface area contributed by atoms with E-state index >= 15 is 0 Å². The average Bonchev–Trinajstić information content (AvgIpc) is 3.97. The number of hydrogen-bond acceptors (Lipinski definition) is 10. The molecule has 0 aliphatic carbocycles. The molecule has 3 saturated heterocycles. The number of nitrogens with two attached hydrogens (primary N) is 1. The molecule has 0 bridgehead atoms. The molecule has 3 unspecified atom stereocenters. The second kappa shape index (κ2) is 24.8. The van der Waals surface area contributed by atoms with Crippen molar-refractivity contribution in [1.82, 2.24) is 30.5 Å². The first kappa shape index (κ1) is 46.7. The summed E-state index contributed by atoms with van der Waals surface area (Å²) in [4.78, 5) is 88.1. The Hall–Kier alpha value is -5.48. The van der Waals surface area contributed by atoms with Gasteiger partial charge in [0.1, 0.15) is 30.5 Å². The number of ether oxygens (including phenoxy) is 1. The molecule has 5 N–H and O–H groups in total. The number of amides is 7. The first-order valence-electron chi connectivity index (χ1n) is 19.4. The van der Waals surface area contributed by atoms with Gasteiger partial charge in [-0.05, 0) is 72.6 Å². The van der Waals surface area contributed by atoms with Gasteiger partial charge in [-0.2, -0.15) is 0 Å². The van der Waals surface area contributed by atoms with E-state index in [9.17, 15) is 33.6 Å². The van der Waals surface area contributed by atoms with E-state index in [2.05, 4.69) is 40.2 Å². The Labute approximate surface area is 329 Å². The number of piperidine rings is 1. The van der Waals surface area contributed by atoms with E-state index in [0.717, 1.165) is 25.7 Å². The normalized spacial score (nSPS) is 18.5. The predicted molar refractivity (Wildman–Crippen MR) is 209 cm³/mol. The van der Waals surface area contributed by atoms with Crippen LogP contribution in [0.1, 0.15) is 90.4 Å². The third-order valence-corrected chi connectivity index (χ3v) is 8.87. The molecule has 0 radical (unpaired) electrons. The van der Waals surface area contributed by atoms with Gasteiger partial charge < -0.3 is 40.3 Å². The highest BCUT2D eigenvalue weighted by molar-refractivity contribution is 5.93. The fourth-order valence-corrected chi connectivity index (χ4v) is 6.30. The Kier molecular flexibility index (Phi) is 20.7. The number of nitrogens with zero attached hydrogens (tertiary/aromatic N) is 4. The maximum Gasteiger partial charge on any atom is 0.328 e. The predicted octanol–water partition coefficient (Wildman–Crippen LogP) is 3.05. The maximum absolute atomic E-state index is 13.4. The molecule has 56 heavy (non-hydrogen) atoms. The van der Waals surface area contributed by atoms with E-state index in [-0.39, 0.29) is 49.2 Å². The molecule has 3 aliphatic heterocycles. The molecule has 4 heterocycles. The van der Waals surface area contributed by atoms with Crippen LogP contribution in [0.2, 0.25) is 0 Å². The van der Waals surface area contributed by atoms with Gasteiger partial charge in [-0.25, -0.2) is 9.59 Å². The smallest absolute Gasteiger partial charge is 0.328 e. The number of carbonyl (C=O) groups excluding carboxylic acids is 7. The minimum Gasteiger partial charge on any atom is -0.464 e. The lowest BCUT2D eigenvalue weighted by Crippen LogP contribution is -2.57. The number of likely N-dealkylation sites (tertiary alicyclic amines) is 3. The Morgan fingerprint density at radius 3 is 2.14 bits per heavy atom. The van der Waals surface area contributed by atoms with Crippen LogP contribution < -0.4 is 21.7 Å². The summed E-state index contributed by atoms with van der Waals surface area (Å²) < 4.78 is 9.96. The number of esters is 1. The number of aryl methyl sites for hydroxylation is 2. The van der Waals surface area contributed by atoms with Gasteiger partial charge in [0.25, 0.3) is 0 Å². The van der Waals surface area contributed by atoms with Gasteiger partial charge >= 0.3 is 12.0 Å². The van der Waals surface area contributed by atoms with Crippen LogP contribution in [0.4, 0.5) is 10.6 Å². The quantitative estimate of drug-likeness (QED) is 0.192. The summed E-state index contributed by atoms with van der Waals surface area (Å²) in [7, 11) is 0. The van der Waals surface area contributed by atoms with Crippen molar-refractivity contribution in [2.45, 2.75) is 117 Å². The lowest BCUT2D eigenvalue weighted by molar-refractivity contribution is -0.153. The Balaban J connectivity index is 0.000000383. The van der Waals surface area contributed by atoms with E-state index in [1.807, 2.05) is 45.9 Å². The van der Waals surface area contributed by atoms with Gasteiger partial charge in [0.05, 0.1) is 13.0 Å². The third-order valence-electron chi connectivity index (χ3n) is 8.87. The summed E-state index contributed by atoms with van der Waals surface area (Å²) in [6.45, 7) is 12.8. The molecule has 7 amide bonds. The van der Waals surface area contributed by atoms with Crippen LogP contribution in [0.3, 0.4) is 0 Å². The zero-order valence-electron chi connectivity index (χ0n) is 33.6. The zero-order chi connectivity index (χ0) is 41.6. The van der Waals surface area contributed by atoms with Gasteiger partial charge in [-0.1, -0.05) is 54.9 Å². The van der Waals surface area contributed by atoms with Crippen LogP contribution in [-0.4, -0.2) is 119 Å². The molecule has 310 valence electrons. The van der Waals surface area contributed by atoms with Crippen LogP contribution in [0.5, 0.6) is 0 Å². The van der Waals surface area contributed by atoms with Gasteiger partial charge in [0.2, 0.25) is 30.0 Å². The molecular formula is C39H60N8O9. The second-order valence-corrected chi connectivity index (χ2v) is 13.6. The monoisotopic (exact) mass is 784 g/mol. The van der Waals surface area contributed by atoms with E-state index in [1.54, 1.807) is 22.8 Å². The highest BCUT2D eigenvalue weighted by Gasteiger charge is 2.41. The molecule has 2 aromatic rings. The lowest BCUT2D eigenvalue weighted by Gasteiger charge is -2.38. The minimum absolute atomic E-state index is 0.00788. The molecule has 3 aliphatic rings. The Bertz CT molecular complexity index is 1570. The summed E-state index contributed by atoms with van der Waals surface area (Å²) in [5.41, 5.74) is 6.14. The van der Waals surface area contributed by atoms with Crippen LogP contribution in [0, 0.1) is 13.8 Å². The number of primary amides is 1. The fraction of sp³-hybridized carbons (Fsp3) is 0.590. The molecule has 1 aromatic carbocycles. The van der Waals surface area contributed by atoms with Crippen molar-refractivity contribution in [2.24, 2.45) is 5.73 Å². The minimum atomic E-state index is -0.614. The van der Waals surface area contributed by atoms with Crippen LogP contribution in [0.25, 0.3) is 0 Å². The highest BCUT2D eigenvalue weighted by atomic mass is 16.5. The molecule has 1 aromatic heterocycles. The number of carbonyl (C=O) groups is 7. The Morgan fingerprint density at radius 2 is 1.55 bits per heavy atom. The van der Waals surface area contributed by atoms with Gasteiger partial charge in [0, 0.05) is 31.7 Å². The molecule has 17 nitrogen and oxygen atoms in total. The number of urea groups is 1. The summed E-state index contributed by atoms with van der Waals surface area (Å²) in [5, 5.41) is 11.0. The zero-order valence-corrected chi connectivity index (χ0v) is 33.6. The number of rotatable bonds is 11. The standard InChI is InChI=1S/C23H36N4O6.C7H10N4O3.C7H8.C2H6/c1-16(2)24-21(30)17-7-3-4-12-27(17)22(31)18-8-6-13-26(18)20(29)10-14-33-23(32)19-9-5-11-25(19)15-28;1-4-2-6(11-14-4)10-7(13)9-3-5(8)12;1-7-5-3-2-4-6-7;1-2/h15-19H,3-14H2,1-2H3,(H,24,30);2H,3H2,1H3,(H2,8,12)(H2,9,10,11,13);2-6H,1H3;1-2H3. The second-order valence-electron chi connectivity index (χ2n) is 13.6. The van der Waals surface area contributed by atoms with Crippen molar-refractivity contribution in [3.8, 4) is 0 Å². The molecule has 0 saturated carbocycles. The van der Waals surface area contributed by atoms with Crippen molar-refractivity contribution in [2.75, 3.05) is 38.1 Å². The van der Waals surface area contributed by atoms with Crippen molar-refractivity contribution in [3.05, 3.63) is 47.7 Å². The number of hydrogen-bond donors (Lipinski definition) is 4. The largest absolute Gasteiger partial charge is 0.464 e. The highest BCUT2D eigenvalue weighted by Crippen LogP contribution is 2.25. The summed E-state index contributed by atoms with van der Waals surface area (Å²) >= 11 is 0. The number of nitrogens with one attached hydrogen (secondary N) is 3. The number of aromatic nitrogens is 1. The molecule has 3 atom stereocenters. The van der Waals surface area contributed by atoms with Crippen LogP contribution in [-0.2, 0) is 33.5 Å². The van der Waals surface area contributed by atoms with E-state index in [4.69, 9.17) is 15.0 Å². The van der Waals surface area contributed by atoms with Crippen LogP contribution in [0.15, 0.2) is 40.9 Å². The third kappa shape index (κ3) is 15.7. The number of anilines is 1. The van der Waals surface area contributed by atoms with E-state index in [1.165, 1.54) is 10.5 Å². The molecular weight excluding hydrogens is 724 g/mol. The van der Waals surface area contributed by atoms with E-state index < -0.39 is 36.0 Å². The van der Waals surface area contributed by atoms with Gasteiger partial charge in [0.15, 0.2) is 5.82 Å². The van der Waals surface area contributed by atoms with Gasteiger partial charge in [-0.3, -0.25) is 29.3 Å². The SMILES string of the molecule is CC.CC(C)NC(=O)C1CCCCN1C(=O)C1CCCN1C(=O)CCOC(=O)C1CCCN1C=O.Cc1cc(NC(=O)NCC(N)=O)no1.Cc1ccccc1. The first-order chi connectivity index (χ1) is 26.8. The summed E-state index contributed by atoms with van der Waals surface area (Å²) in [6, 6.07) is 9.58. The van der Waals surface area contributed by atoms with Crippen molar-refractivity contribution in [1.29, 1.82) is 0 Å². The summed E-state index contributed by atoms with van der Waals surface area (Å²) in [5.74, 6) is -0.798. The maximum atomic E-state index is 13.4. The van der Waals surface area contributed by atoms with Crippen molar-refractivity contribution >= 4 is 47.9 Å². The molecule has 0 spiro atoms. The molecule has 5 rings (SSSR count). The molecule has 3 fully saturated rings. The van der Waals surface area contributed by atoms with Crippen molar-refractivity contribution < 1.29 is 42.8 Å². The first-order valence-corrected chi connectivity index (χ1v) is 19.4. The Morgan fingerprint density at radius 1 is 0.911 bits per heavy atom. The molecule has 17 heteroatoms. The fourth-order valence-electron chi connectivity index (χ4n) is 6.30. The lowest BCUT2D eigenvalue weighted by atomic mass is 9.99. The summed E-state index contributed by atoms with van der Waals surface area (Å²) in [6.07, 6.45) is 5.59. The number of benzene rings is 1. The topological polar surface area (TPSA) is 227 Å². The van der Waals surface area contributed by atoms with Crippen LogP contribution >= 0.6 is 0 Å². The average molecular weight is 785 g/mol. The van der Waals surface area contributed by atoms with E-state index in [0.29, 0.717) is 51.1 Å². The van der Waals surface area contributed by atoms with Crippen molar-refractivity contribution in [3.63, 3.8) is 0 Å². The van der Waals surface area contributed by atoms with Gasteiger partial charge in [-0.15, -0.1) is 0 Å².